The van der Waals surface area contributed by atoms with E-state index in [4.69, 9.17) is 14.7 Å². The first-order chi connectivity index (χ1) is 20.9. The van der Waals surface area contributed by atoms with Gasteiger partial charge >= 0.3 is 6.03 Å². The van der Waals surface area contributed by atoms with Gasteiger partial charge in [-0.05, 0) is 54.6 Å². The van der Waals surface area contributed by atoms with E-state index in [-0.39, 0.29) is 23.0 Å². The second-order valence-corrected chi connectivity index (χ2v) is 9.84. The Morgan fingerprint density at radius 2 is 1.58 bits per heavy atom. The van der Waals surface area contributed by atoms with Crippen LogP contribution in [0.5, 0.6) is 0 Å². The van der Waals surface area contributed by atoms with E-state index in [1.807, 2.05) is 18.2 Å². The summed E-state index contributed by atoms with van der Waals surface area (Å²) in [7, 11) is 0. The van der Waals surface area contributed by atoms with Crippen molar-refractivity contribution >= 4 is 45.9 Å². The summed E-state index contributed by atoms with van der Waals surface area (Å²) in [5.74, 6) is 0.0148. The number of benzene rings is 2. The fourth-order valence-corrected chi connectivity index (χ4v) is 4.72. The molecule has 1 aliphatic heterocycles. The lowest BCUT2D eigenvalue weighted by Crippen LogP contribution is -2.37. The summed E-state index contributed by atoms with van der Waals surface area (Å²) in [6.07, 6.45) is 5.21. The van der Waals surface area contributed by atoms with Gasteiger partial charge in [-0.3, -0.25) is 14.8 Å². The monoisotopic (exact) mass is 578 g/mol. The molecule has 0 atom stereocenters. The van der Waals surface area contributed by atoms with Gasteiger partial charge in [-0.25, -0.2) is 19.2 Å². The predicted octanol–water partition coefficient (Wildman–Crippen LogP) is 5.33. The number of anilines is 4. The molecule has 4 heterocycles. The Balaban J connectivity index is 1.27. The maximum atomic E-state index is 15.5. The Morgan fingerprint density at radius 1 is 0.860 bits per heavy atom. The highest BCUT2D eigenvalue weighted by atomic mass is 19.1. The number of carbonyl (C=O) groups is 2. The van der Waals surface area contributed by atoms with E-state index < -0.39 is 11.8 Å². The first-order valence-corrected chi connectivity index (χ1v) is 13.6. The zero-order chi connectivity index (χ0) is 29.8. The summed E-state index contributed by atoms with van der Waals surface area (Å²) in [4.78, 5) is 44.1. The van der Waals surface area contributed by atoms with Gasteiger partial charge in [0.25, 0.3) is 0 Å². The number of carbonyl (C=O) groups excluding carboxylic acids is 2. The summed E-state index contributed by atoms with van der Waals surface area (Å²) in [5.41, 5.74) is 4.43. The Kier molecular flexibility index (Phi) is 7.83. The van der Waals surface area contributed by atoms with Crippen molar-refractivity contribution in [1.29, 1.82) is 0 Å². The van der Waals surface area contributed by atoms with E-state index >= 15 is 4.39 Å². The number of fused-ring (bicyclic) bond motifs is 1. The van der Waals surface area contributed by atoms with E-state index in [9.17, 15) is 9.59 Å². The highest BCUT2D eigenvalue weighted by Gasteiger charge is 2.21. The molecule has 43 heavy (non-hydrogen) atoms. The zero-order valence-electron chi connectivity index (χ0n) is 23.2. The van der Waals surface area contributed by atoms with Gasteiger partial charge in [-0.1, -0.05) is 6.07 Å². The Morgan fingerprint density at radius 3 is 2.28 bits per heavy atom. The molecule has 0 radical (unpaired) electrons. The highest BCUT2D eigenvalue weighted by Crippen LogP contribution is 2.31. The minimum absolute atomic E-state index is 0.183. The number of rotatable bonds is 6. The first-order valence-electron chi connectivity index (χ1n) is 13.6. The smallest absolute Gasteiger partial charge is 0.323 e. The van der Waals surface area contributed by atoms with Crippen LogP contribution in [0.25, 0.3) is 33.5 Å². The zero-order valence-corrected chi connectivity index (χ0v) is 23.2. The van der Waals surface area contributed by atoms with Crippen LogP contribution < -0.4 is 20.9 Å². The van der Waals surface area contributed by atoms with E-state index in [1.54, 1.807) is 48.9 Å². The number of pyridine rings is 2. The van der Waals surface area contributed by atoms with Crippen LogP contribution in [0.1, 0.15) is 6.92 Å². The third-order valence-electron chi connectivity index (χ3n) is 6.75. The van der Waals surface area contributed by atoms with Crippen LogP contribution in [0.15, 0.2) is 79.3 Å². The molecule has 1 saturated heterocycles. The second kappa shape index (κ2) is 12.2. The van der Waals surface area contributed by atoms with Gasteiger partial charge in [0, 0.05) is 66.8 Å². The molecule has 11 nitrogen and oxygen atoms in total. The van der Waals surface area contributed by atoms with Gasteiger partial charge in [0.15, 0.2) is 11.6 Å². The fourth-order valence-electron chi connectivity index (χ4n) is 4.72. The molecule has 0 bridgehead atoms. The number of amides is 3. The van der Waals surface area contributed by atoms with Gasteiger partial charge in [0.05, 0.1) is 24.3 Å². The third-order valence-corrected chi connectivity index (χ3v) is 6.75. The number of urea groups is 1. The average Bonchev–Trinajstić information content (AvgIpc) is 3.02. The predicted molar refractivity (Wildman–Crippen MR) is 162 cm³/mol. The molecule has 3 amide bonds. The van der Waals surface area contributed by atoms with Crippen molar-refractivity contribution in [2.45, 2.75) is 6.92 Å². The lowest BCUT2D eigenvalue weighted by Gasteiger charge is -2.28. The van der Waals surface area contributed by atoms with Crippen molar-refractivity contribution in [3.63, 3.8) is 0 Å². The number of nitrogens with zero attached hydrogens (tertiary/aromatic N) is 5. The molecule has 2 aromatic carbocycles. The lowest BCUT2D eigenvalue weighted by molar-refractivity contribution is -0.114. The number of ether oxygens (including phenoxy) is 1. The van der Waals surface area contributed by atoms with Crippen LogP contribution in [0.4, 0.5) is 32.1 Å². The van der Waals surface area contributed by atoms with Gasteiger partial charge in [0.2, 0.25) is 5.91 Å². The normalized spacial score (nSPS) is 13.0. The first kappa shape index (κ1) is 27.7. The number of aromatic nitrogens is 4. The molecule has 3 N–H and O–H groups in total. The van der Waals surface area contributed by atoms with Gasteiger partial charge in [-0.15, -0.1) is 0 Å². The van der Waals surface area contributed by atoms with Crippen molar-refractivity contribution in [1.82, 2.24) is 19.9 Å². The lowest BCUT2D eigenvalue weighted by atomic mass is 10.1. The molecule has 3 aromatic heterocycles. The van der Waals surface area contributed by atoms with E-state index in [0.29, 0.717) is 54.5 Å². The minimum Gasteiger partial charge on any atom is -0.378 e. The topological polar surface area (TPSA) is 134 Å². The second-order valence-electron chi connectivity index (χ2n) is 9.84. The fraction of sp³-hybridized carbons (Fsp3) is 0.161. The van der Waals surface area contributed by atoms with Crippen molar-refractivity contribution in [2.24, 2.45) is 0 Å². The average molecular weight is 579 g/mol. The Labute approximate surface area is 246 Å². The number of hydrogen-bond acceptors (Lipinski definition) is 8. The van der Waals surface area contributed by atoms with Crippen LogP contribution in [-0.4, -0.2) is 58.2 Å². The van der Waals surface area contributed by atoms with Gasteiger partial charge in [0.1, 0.15) is 11.3 Å². The molecule has 0 saturated carbocycles. The molecular weight excluding hydrogens is 551 g/mol. The van der Waals surface area contributed by atoms with Crippen molar-refractivity contribution in [2.75, 3.05) is 47.2 Å². The maximum Gasteiger partial charge on any atom is 0.323 e. The van der Waals surface area contributed by atoms with Crippen LogP contribution in [-0.2, 0) is 9.53 Å². The summed E-state index contributed by atoms with van der Waals surface area (Å²) in [6.45, 7) is 3.74. The van der Waals surface area contributed by atoms with Crippen molar-refractivity contribution in [3.8, 4) is 22.5 Å². The van der Waals surface area contributed by atoms with Crippen molar-refractivity contribution in [3.05, 3.63) is 85.1 Å². The molecule has 0 unspecified atom stereocenters. The molecule has 0 spiro atoms. The molecule has 1 fully saturated rings. The van der Waals surface area contributed by atoms with Gasteiger partial charge < -0.3 is 25.6 Å². The Hall–Kier alpha value is -5.49. The van der Waals surface area contributed by atoms with E-state index in [0.717, 1.165) is 11.1 Å². The summed E-state index contributed by atoms with van der Waals surface area (Å²) < 4.78 is 21.1. The largest absolute Gasteiger partial charge is 0.378 e. The molecule has 216 valence electrons. The third kappa shape index (κ3) is 6.39. The molecule has 5 aromatic rings. The van der Waals surface area contributed by atoms with E-state index in [2.05, 4.69) is 30.8 Å². The SMILES string of the molecule is CC(=O)Nc1ccc(NC(=O)Nc2ccc(-c3nc(N4CCOCC4)c4ncc(-c5cccnc5)cc4n3)c(F)c2)cc1. The standard InChI is InChI=1S/C31H27FN8O3/c1-19(41)35-22-4-6-23(7-5-22)36-31(42)37-24-8-9-25(26(32)16-24)29-38-27-15-21(20-3-2-10-33-17-20)18-34-28(27)30(39-29)40-11-13-43-14-12-40/h2-10,15-18H,11-14H2,1H3,(H,35,41)(H2,36,37,42). The molecular formula is C31H27FN8O3. The minimum atomic E-state index is -0.596. The van der Waals surface area contributed by atoms with E-state index in [1.165, 1.54) is 19.1 Å². The van der Waals surface area contributed by atoms with Crippen LogP contribution >= 0.6 is 0 Å². The molecule has 1 aliphatic rings. The van der Waals surface area contributed by atoms with Crippen molar-refractivity contribution < 1.29 is 18.7 Å². The van der Waals surface area contributed by atoms with Crippen LogP contribution in [0.2, 0.25) is 0 Å². The number of nitrogens with one attached hydrogen (secondary N) is 3. The molecule has 12 heteroatoms. The molecule has 0 aliphatic carbocycles. The molecule has 6 rings (SSSR count). The Bertz CT molecular complexity index is 1800. The van der Waals surface area contributed by atoms with Crippen LogP contribution in [0, 0.1) is 5.82 Å². The summed E-state index contributed by atoms with van der Waals surface area (Å²) in [5, 5.41) is 7.98. The highest BCUT2D eigenvalue weighted by molar-refractivity contribution is 6.00. The maximum absolute atomic E-state index is 15.5. The quantitative estimate of drug-likeness (QED) is 0.246. The number of hydrogen-bond donors (Lipinski definition) is 3. The summed E-state index contributed by atoms with van der Waals surface area (Å²) >= 11 is 0. The number of morpholine rings is 1. The van der Waals surface area contributed by atoms with Gasteiger partial charge in [-0.2, -0.15) is 0 Å². The number of halogens is 1. The van der Waals surface area contributed by atoms with Crippen LogP contribution in [0.3, 0.4) is 0 Å². The summed E-state index contributed by atoms with van der Waals surface area (Å²) in [6, 6.07) is 16.1.